The molecule has 0 spiro atoms. The fraction of sp³-hybridized carbons (Fsp3) is 0.917. The largest absolute Gasteiger partial charge is 0.338 e. The Labute approximate surface area is 92.2 Å². The Balaban J connectivity index is 1.91. The molecular formula is C12H22N2O. The van der Waals surface area contributed by atoms with Gasteiger partial charge < -0.3 is 10.2 Å². The normalized spacial score (nSPS) is 28.9. The van der Waals surface area contributed by atoms with E-state index in [1.807, 2.05) is 0 Å². The van der Waals surface area contributed by atoms with E-state index < -0.39 is 0 Å². The molecule has 0 aromatic heterocycles. The van der Waals surface area contributed by atoms with Crippen LogP contribution in [0, 0.1) is 5.92 Å². The number of hydrogen-bond acceptors (Lipinski definition) is 2. The Kier molecular flexibility index (Phi) is 3.01. The van der Waals surface area contributed by atoms with Crippen LogP contribution in [-0.4, -0.2) is 35.5 Å². The molecule has 1 aliphatic heterocycles. The van der Waals surface area contributed by atoms with Gasteiger partial charge in [-0.2, -0.15) is 0 Å². The minimum atomic E-state index is 0.0752. The summed E-state index contributed by atoms with van der Waals surface area (Å²) in [6.45, 7) is 7.34. The first-order valence-corrected chi connectivity index (χ1v) is 6.16. The zero-order chi connectivity index (χ0) is 11.0. The number of carbonyl (C=O) groups excluding carboxylic acids is 1. The lowest BCUT2D eigenvalue weighted by Crippen LogP contribution is -2.44. The van der Waals surface area contributed by atoms with Crippen LogP contribution >= 0.6 is 0 Å². The highest BCUT2D eigenvalue weighted by molar-refractivity contribution is 5.84. The van der Waals surface area contributed by atoms with Crippen molar-refractivity contribution in [1.29, 1.82) is 0 Å². The molecular weight excluding hydrogens is 188 g/mol. The molecule has 3 heteroatoms. The fourth-order valence-corrected chi connectivity index (χ4v) is 2.50. The second-order valence-corrected chi connectivity index (χ2v) is 5.27. The van der Waals surface area contributed by atoms with Crippen molar-refractivity contribution in [3.05, 3.63) is 0 Å². The molecule has 1 aliphatic carbocycles. The highest BCUT2D eigenvalue weighted by Gasteiger charge is 2.40. The van der Waals surface area contributed by atoms with Gasteiger partial charge in [0.25, 0.3) is 0 Å². The standard InChI is InChI=1S/C12H22N2O/c1-8(2)13-11-6-7-14(12(11)15)9(3)10-4-5-10/h8-11,13H,4-7H2,1-3H3. The average Bonchev–Trinajstić information content (AvgIpc) is 2.93. The van der Waals surface area contributed by atoms with Gasteiger partial charge in [-0.05, 0) is 32.1 Å². The second-order valence-electron chi connectivity index (χ2n) is 5.27. The summed E-state index contributed by atoms with van der Waals surface area (Å²) in [4.78, 5) is 14.2. The lowest BCUT2D eigenvalue weighted by atomic mass is 10.2. The molecule has 3 nitrogen and oxygen atoms in total. The van der Waals surface area contributed by atoms with Gasteiger partial charge >= 0.3 is 0 Å². The van der Waals surface area contributed by atoms with Gasteiger partial charge in [-0.25, -0.2) is 0 Å². The van der Waals surface area contributed by atoms with Crippen LogP contribution in [0.3, 0.4) is 0 Å². The third-order valence-electron chi connectivity index (χ3n) is 3.57. The van der Waals surface area contributed by atoms with Crippen LogP contribution in [-0.2, 0) is 4.79 Å². The second kappa shape index (κ2) is 4.12. The average molecular weight is 210 g/mol. The van der Waals surface area contributed by atoms with Crippen LogP contribution in [0.25, 0.3) is 0 Å². The van der Waals surface area contributed by atoms with E-state index in [-0.39, 0.29) is 6.04 Å². The number of carbonyl (C=O) groups is 1. The Bertz CT molecular complexity index is 248. The summed E-state index contributed by atoms with van der Waals surface area (Å²) in [6.07, 6.45) is 3.61. The van der Waals surface area contributed by atoms with E-state index in [4.69, 9.17) is 0 Å². The van der Waals surface area contributed by atoms with Crippen LogP contribution in [0.5, 0.6) is 0 Å². The highest BCUT2D eigenvalue weighted by Crippen LogP contribution is 2.36. The van der Waals surface area contributed by atoms with Crippen LogP contribution in [0.4, 0.5) is 0 Å². The Morgan fingerprint density at radius 3 is 2.47 bits per heavy atom. The third-order valence-corrected chi connectivity index (χ3v) is 3.57. The van der Waals surface area contributed by atoms with E-state index >= 15 is 0 Å². The summed E-state index contributed by atoms with van der Waals surface area (Å²) in [5, 5.41) is 3.34. The molecule has 1 saturated carbocycles. The topological polar surface area (TPSA) is 32.3 Å². The molecule has 2 aliphatic rings. The van der Waals surface area contributed by atoms with Crippen LogP contribution in [0.1, 0.15) is 40.0 Å². The first-order valence-electron chi connectivity index (χ1n) is 6.16. The van der Waals surface area contributed by atoms with Gasteiger partial charge in [0.2, 0.25) is 5.91 Å². The molecule has 2 rings (SSSR count). The van der Waals surface area contributed by atoms with Crippen molar-refractivity contribution >= 4 is 5.91 Å². The van der Waals surface area contributed by atoms with Gasteiger partial charge in [-0.3, -0.25) is 4.79 Å². The number of hydrogen-bond donors (Lipinski definition) is 1. The van der Waals surface area contributed by atoms with E-state index in [2.05, 4.69) is 31.0 Å². The maximum atomic E-state index is 12.1. The number of nitrogens with one attached hydrogen (secondary N) is 1. The van der Waals surface area contributed by atoms with Crippen molar-refractivity contribution in [2.75, 3.05) is 6.54 Å². The van der Waals surface area contributed by atoms with Gasteiger partial charge in [0, 0.05) is 18.6 Å². The molecule has 1 heterocycles. The van der Waals surface area contributed by atoms with Gasteiger partial charge in [-0.1, -0.05) is 13.8 Å². The van der Waals surface area contributed by atoms with E-state index in [0.717, 1.165) is 18.9 Å². The predicted octanol–water partition coefficient (Wildman–Crippen LogP) is 1.38. The summed E-state index contributed by atoms with van der Waals surface area (Å²) >= 11 is 0. The molecule has 0 radical (unpaired) electrons. The third kappa shape index (κ3) is 2.33. The Morgan fingerprint density at radius 1 is 1.27 bits per heavy atom. The minimum Gasteiger partial charge on any atom is -0.338 e. The van der Waals surface area contributed by atoms with Crippen molar-refractivity contribution in [2.45, 2.75) is 58.2 Å². The zero-order valence-electron chi connectivity index (χ0n) is 9.99. The molecule has 1 N–H and O–H groups in total. The SMILES string of the molecule is CC(C)NC1CCN(C(C)C2CC2)C1=O. The van der Waals surface area contributed by atoms with Crippen LogP contribution < -0.4 is 5.32 Å². The van der Waals surface area contributed by atoms with Crippen molar-refractivity contribution in [2.24, 2.45) is 5.92 Å². The predicted molar refractivity (Wildman–Crippen MR) is 60.6 cm³/mol. The first kappa shape index (κ1) is 10.9. The lowest BCUT2D eigenvalue weighted by Gasteiger charge is -2.25. The summed E-state index contributed by atoms with van der Waals surface area (Å²) < 4.78 is 0. The molecule has 86 valence electrons. The lowest BCUT2D eigenvalue weighted by molar-refractivity contribution is -0.131. The molecule has 0 bridgehead atoms. The summed E-state index contributed by atoms with van der Waals surface area (Å²) in [6, 6.07) is 0.942. The quantitative estimate of drug-likeness (QED) is 0.760. The van der Waals surface area contributed by atoms with Gasteiger partial charge in [-0.15, -0.1) is 0 Å². The number of rotatable bonds is 4. The summed E-state index contributed by atoms with van der Waals surface area (Å²) in [5.74, 6) is 1.11. The van der Waals surface area contributed by atoms with E-state index in [0.29, 0.717) is 18.0 Å². The summed E-state index contributed by atoms with van der Waals surface area (Å²) in [7, 11) is 0. The molecule has 0 aromatic carbocycles. The monoisotopic (exact) mass is 210 g/mol. The van der Waals surface area contributed by atoms with Gasteiger partial charge in [0.15, 0.2) is 0 Å². The van der Waals surface area contributed by atoms with E-state index in [1.165, 1.54) is 12.8 Å². The summed E-state index contributed by atoms with van der Waals surface area (Å²) in [5.41, 5.74) is 0. The van der Waals surface area contributed by atoms with Crippen LogP contribution in [0.2, 0.25) is 0 Å². The highest BCUT2D eigenvalue weighted by atomic mass is 16.2. The Hall–Kier alpha value is -0.570. The van der Waals surface area contributed by atoms with E-state index in [9.17, 15) is 4.79 Å². The van der Waals surface area contributed by atoms with Crippen molar-refractivity contribution in [1.82, 2.24) is 10.2 Å². The fourth-order valence-electron chi connectivity index (χ4n) is 2.50. The zero-order valence-corrected chi connectivity index (χ0v) is 9.99. The molecule has 1 saturated heterocycles. The Morgan fingerprint density at radius 2 is 1.93 bits per heavy atom. The number of likely N-dealkylation sites (tertiary alicyclic amines) is 1. The van der Waals surface area contributed by atoms with Crippen LogP contribution in [0.15, 0.2) is 0 Å². The maximum absolute atomic E-state index is 12.1. The number of nitrogens with zero attached hydrogens (tertiary/aromatic N) is 1. The molecule has 15 heavy (non-hydrogen) atoms. The molecule has 2 atom stereocenters. The van der Waals surface area contributed by atoms with Gasteiger partial charge in [0.1, 0.15) is 0 Å². The van der Waals surface area contributed by atoms with Gasteiger partial charge in [0.05, 0.1) is 6.04 Å². The molecule has 0 aromatic rings. The molecule has 2 fully saturated rings. The minimum absolute atomic E-state index is 0.0752. The molecule has 2 unspecified atom stereocenters. The first-order chi connectivity index (χ1) is 7.09. The smallest absolute Gasteiger partial charge is 0.240 e. The van der Waals surface area contributed by atoms with Crippen molar-refractivity contribution in [3.63, 3.8) is 0 Å². The van der Waals surface area contributed by atoms with Crippen molar-refractivity contribution < 1.29 is 4.79 Å². The maximum Gasteiger partial charge on any atom is 0.240 e. The molecule has 1 amide bonds. The van der Waals surface area contributed by atoms with Crippen molar-refractivity contribution in [3.8, 4) is 0 Å². The van der Waals surface area contributed by atoms with E-state index in [1.54, 1.807) is 0 Å². The number of amides is 1.